The first-order chi connectivity index (χ1) is 6.22. The van der Waals surface area contributed by atoms with Crippen LogP contribution in [0, 0.1) is 5.92 Å². The third kappa shape index (κ3) is 7.33. The van der Waals surface area contributed by atoms with Gasteiger partial charge in [0.15, 0.2) is 0 Å². The van der Waals surface area contributed by atoms with Crippen molar-refractivity contribution in [2.45, 2.75) is 51.8 Å². The summed E-state index contributed by atoms with van der Waals surface area (Å²) in [6.07, 6.45) is 4.64. The molecule has 0 spiro atoms. The fraction of sp³-hybridized carbons (Fsp3) is 1.00. The van der Waals surface area contributed by atoms with E-state index in [4.69, 9.17) is 16.3 Å². The van der Waals surface area contributed by atoms with E-state index in [0.29, 0.717) is 5.92 Å². The minimum Gasteiger partial charge on any atom is -0.381 e. The van der Waals surface area contributed by atoms with Gasteiger partial charge in [-0.25, -0.2) is 0 Å². The van der Waals surface area contributed by atoms with E-state index < -0.39 is 0 Å². The number of ether oxygens (including phenoxy) is 1. The molecule has 0 aromatic rings. The zero-order valence-corrected chi connectivity index (χ0v) is 9.94. The fourth-order valence-corrected chi connectivity index (χ4v) is 1.65. The third-order valence-corrected chi connectivity index (χ3v) is 2.81. The van der Waals surface area contributed by atoms with E-state index in [-0.39, 0.29) is 5.38 Å². The zero-order valence-electron chi connectivity index (χ0n) is 9.18. The Hall–Kier alpha value is 0.250. The van der Waals surface area contributed by atoms with E-state index >= 15 is 0 Å². The maximum Gasteiger partial charge on any atom is 0.0469 e. The summed E-state index contributed by atoms with van der Waals surface area (Å²) in [4.78, 5) is 0. The van der Waals surface area contributed by atoms with Gasteiger partial charge in [-0.1, -0.05) is 26.7 Å². The van der Waals surface area contributed by atoms with Crippen LogP contribution in [0.1, 0.15) is 46.5 Å². The van der Waals surface area contributed by atoms with Crippen LogP contribution in [0.25, 0.3) is 0 Å². The second-order valence-electron chi connectivity index (χ2n) is 3.60. The lowest BCUT2D eigenvalue weighted by Crippen LogP contribution is -2.13. The summed E-state index contributed by atoms with van der Waals surface area (Å²) in [6, 6.07) is 0. The normalized spacial score (nSPS) is 15.7. The molecule has 0 fully saturated rings. The second-order valence-corrected chi connectivity index (χ2v) is 4.29. The molecule has 0 saturated carbocycles. The number of rotatable bonds is 8. The van der Waals surface area contributed by atoms with Crippen molar-refractivity contribution in [3.8, 4) is 0 Å². The predicted octanol–water partition coefficient (Wildman–Crippen LogP) is 3.85. The van der Waals surface area contributed by atoms with Crippen LogP contribution in [0.4, 0.5) is 0 Å². The van der Waals surface area contributed by atoms with Gasteiger partial charge in [-0.05, 0) is 25.7 Å². The molecule has 2 heteroatoms. The Morgan fingerprint density at radius 3 is 2.38 bits per heavy atom. The molecule has 0 heterocycles. The van der Waals surface area contributed by atoms with Crippen LogP contribution < -0.4 is 0 Å². The second kappa shape index (κ2) is 8.83. The van der Waals surface area contributed by atoms with Gasteiger partial charge >= 0.3 is 0 Å². The van der Waals surface area contributed by atoms with E-state index in [2.05, 4.69) is 20.8 Å². The van der Waals surface area contributed by atoms with E-state index in [9.17, 15) is 0 Å². The van der Waals surface area contributed by atoms with E-state index in [1.54, 1.807) is 0 Å². The van der Waals surface area contributed by atoms with Gasteiger partial charge in [-0.2, -0.15) is 0 Å². The van der Waals surface area contributed by atoms with Gasteiger partial charge in [0.05, 0.1) is 0 Å². The molecule has 0 amide bonds. The number of hydrogen-bond acceptors (Lipinski definition) is 1. The Morgan fingerprint density at radius 1 is 1.23 bits per heavy atom. The summed E-state index contributed by atoms with van der Waals surface area (Å²) in [7, 11) is 0. The van der Waals surface area contributed by atoms with Crippen molar-refractivity contribution in [2.24, 2.45) is 5.92 Å². The fourth-order valence-electron chi connectivity index (χ4n) is 1.34. The molecule has 13 heavy (non-hydrogen) atoms. The monoisotopic (exact) mass is 206 g/mol. The Bertz CT molecular complexity index is 104. The minimum absolute atomic E-state index is 0.278. The van der Waals surface area contributed by atoms with Gasteiger partial charge in [-0.3, -0.25) is 0 Å². The van der Waals surface area contributed by atoms with Gasteiger partial charge in [0.2, 0.25) is 0 Å². The summed E-state index contributed by atoms with van der Waals surface area (Å²) in [5.74, 6) is 0.614. The van der Waals surface area contributed by atoms with E-state index in [1.807, 2.05) is 0 Å². The first-order valence-corrected chi connectivity index (χ1v) is 5.87. The van der Waals surface area contributed by atoms with Crippen LogP contribution in [0.3, 0.4) is 0 Å². The molecule has 0 N–H and O–H groups in total. The summed E-state index contributed by atoms with van der Waals surface area (Å²) in [5, 5.41) is 0.278. The van der Waals surface area contributed by atoms with Gasteiger partial charge in [0, 0.05) is 18.6 Å². The summed E-state index contributed by atoms with van der Waals surface area (Å²) < 4.78 is 5.50. The van der Waals surface area contributed by atoms with Crippen LogP contribution in [0.2, 0.25) is 0 Å². The smallest absolute Gasteiger partial charge is 0.0469 e. The molecule has 0 aromatic carbocycles. The van der Waals surface area contributed by atoms with Gasteiger partial charge < -0.3 is 4.74 Å². The average molecular weight is 207 g/mol. The lowest BCUT2D eigenvalue weighted by atomic mass is 10.00. The third-order valence-electron chi connectivity index (χ3n) is 2.45. The average Bonchev–Trinajstić information content (AvgIpc) is 2.10. The summed E-state index contributed by atoms with van der Waals surface area (Å²) in [5.41, 5.74) is 0. The van der Waals surface area contributed by atoms with Crippen molar-refractivity contribution < 1.29 is 4.74 Å². The molecule has 0 aromatic heterocycles. The summed E-state index contributed by atoms with van der Waals surface area (Å²) >= 11 is 6.03. The predicted molar refractivity (Wildman–Crippen MR) is 59.4 cm³/mol. The number of halogens is 1. The van der Waals surface area contributed by atoms with E-state index in [0.717, 1.165) is 26.1 Å². The standard InChI is InChI=1S/C11H23ClO/c1-4-6-8-13-9-7-11(5-2)10(3)12/h10-11H,4-9H2,1-3H3. The van der Waals surface area contributed by atoms with Crippen LogP contribution in [-0.4, -0.2) is 18.6 Å². The molecule has 2 unspecified atom stereocenters. The Morgan fingerprint density at radius 2 is 1.92 bits per heavy atom. The molecule has 0 aliphatic carbocycles. The van der Waals surface area contributed by atoms with Gasteiger partial charge in [-0.15, -0.1) is 11.6 Å². The largest absolute Gasteiger partial charge is 0.381 e. The SMILES string of the molecule is CCCCOCCC(CC)C(C)Cl. The van der Waals surface area contributed by atoms with Crippen LogP contribution in [0.5, 0.6) is 0 Å². The van der Waals surface area contributed by atoms with Crippen LogP contribution in [0.15, 0.2) is 0 Å². The minimum atomic E-state index is 0.278. The number of unbranched alkanes of at least 4 members (excludes halogenated alkanes) is 1. The van der Waals surface area contributed by atoms with Crippen molar-refractivity contribution in [2.75, 3.05) is 13.2 Å². The Labute approximate surface area is 87.8 Å². The topological polar surface area (TPSA) is 9.23 Å². The number of alkyl halides is 1. The molecule has 0 aliphatic heterocycles. The van der Waals surface area contributed by atoms with Crippen molar-refractivity contribution in [3.63, 3.8) is 0 Å². The van der Waals surface area contributed by atoms with Crippen molar-refractivity contribution in [1.29, 1.82) is 0 Å². The lowest BCUT2D eigenvalue weighted by Gasteiger charge is -2.16. The number of hydrogen-bond donors (Lipinski definition) is 0. The Balaban J connectivity index is 3.28. The highest BCUT2D eigenvalue weighted by Crippen LogP contribution is 2.17. The highest BCUT2D eigenvalue weighted by molar-refractivity contribution is 6.20. The summed E-state index contributed by atoms with van der Waals surface area (Å²) in [6.45, 7) is 8.22. The Kier molecular flexibility index (Phi) is 9.00. The molecule has 0 radical (unpaired) electrons. The molecule has 0 rings (SSSR count). The molecule has 1 nitrogen and oxygen atoms in total. The molecule has 0 saturated heterocycles. The molecule has 0 aliphatic rings. The molecule has 0 bridgehead atoms. The maximum absolute atomic E-state index is 6.03. The first kappa shape index (κ1) is 13.2. The van der Waals surface area contributed by atoms with Crippen LogP contribution >= 0.6 is 11.6 Å². The van der Waals surface area contributed by atoms with Gasteiger partial charge in [0.1, 0.15) is 0 Å². The van der Waals surface area contributed by atoms with Gasteiger partial charge in [0.25, 0.3) is 0 Å². The van der Waals surface area contributed by atoms with Crippen LogP contribution in [-0.2, 0) is 4.74 Å². The highest BCUT2D eigenvalue weighted by Gasteiger charge is 2.11. The molecular formula is C11H23ClO. The van der Waals surface area contributed by atoms with Crippen molar-refractivity contribution in [1.82, 2.24) is 0 Å². The first-order valence-electron chi connectivity index (χ1n) is 5.44. The maximum atomic E-state index is 6.03. The molecule has 2 atom stereocenters. The van der Waals surface area contributed by atoms with Crippen molar-refractivity contribution >= 4 is 11.6 Å². The lowest BCUT2D eigenvalue weighted by molar-refractivity contribution is 0.116. The molecule has 80 valence electrons. The van der Waals surface area contributed by atoms with Crippen molar-refractivity contribution in [3.05, 3.63) is 0 Å². The molecular weight excluding hydrogens is 184 g/mol. The quantitative estimate of drug-likeness (QED) is 0.433. The highest BCUT2D eigenvalue weighted by atomic mass is 35.5. The van der Waals surface area contributed by atoms with E-state index in [1.165, 1.54) is 12.8 Å². The zero-order chi connectivity index (χ0) is 10.1.